The van der Waals surface area contributed by atoms with E-state index in [-0.39, 0.29) is 60.4 Å². The van der Waals surface area contributed by atoms with E-state index < -0.39 is 29.2 Å². The highest BCUT2D eigenvalue weighted by Gasteiger charge is 2.70. The molecule has 3 fully saturated rings. The lowest BCUT2D eigenvalue weighted by Gasteiger charge is -2.54. The number of aromatic hydroxyl groups is 2. The highest BCUT2D eigenvalue weighted by Crippen LogP contribution is 2.73. The van der Waals surface area contributed by atoms with Gasteiger partial charge in [-0.15, -0.1) is 5.76 Å². The zero-order valence-corrected chi connectivity index (χ0v) is 38.8. The summed E-state index contributed by atoms with van der Waals surface area (Å²) in [4.78, 5) is 18.2. The van der Waals surface area contributed by atoms with Crippen molar-refractivity contribution >= 4 is 33.1 Å². The molecular formula is C53H60N3O8S2-. The van der Waals surface area contributed by atoms with E-state index in [1.54, 1.807) is 64.2 Å². The van der Waals surface area contributed by atoms with Gasteiger partial charge in [-0.25, -0.2) is 0 Å². The van der Waals surface area contributed by atoms with Crippen LogP contribution in [0.4, 0.5) is 0 Å². The molecule has 66 heavy (non-hydrogen) atoms. The molecule has 0 radical (unpaired) electrons. The van der Waals surface area contributed by atoms with Crippen LogP contribution in [0.3, 0.4) is 0 Å². The quantitative estimate of drug-likeness (QED) is 0.0764. The van der Waals surface area contributed by atoms with Crippen molar-refractivity contribution in [1.29, 1.82) is 0 Å². The second-order valence-electron chi connectivity index (χ2n) is 19.5. The van der Waals surface area contributed by atoms with Crippen LogP contribution in [0.15, 0.2) is 89.3 Å². The second-order valence-corrected chi connectivity index (χ2v) is 22.0. The summed E-state index contributed by atoms with van der Waals surface area (Å²) in [6.07, 6.45) is 13.1. The number of allylic oxidation sites excluding steroid dienone is 5. The molecule has 3 aromatic carbocycles. The standard InChI is InChI=1S/C53H61N3O8S2/c54-50(55)41-23-34-3-1-6-45-39(15-19-56-45)48(62)25-42-40(34)24-36(41)28-65-66-31-52-26-35-13-18-53(52,63)30-51(29-52,44(35)5-2-4-38(59)27-57)17-14-37(58)10-7-32-9-12-47(61)49(22-32)64-20-16-33-8-11-46(60)43(42)21-33/h8-9,11-12,14-15,17,19,21-24,35,38,42,44,50,57,59-63H,2,4-7,10,13,16,18,20,25-31,54-55H2/p-1. The predicted molar refractivity (Wildman–Crippen MR) is 258 cm³/mol. The minimum Gasteiger partial charge on any atom is -0.875 e. The van der Waals surface area contributed by atoms with Gasteiger partial charge < -0.3 is 46.8 Å². The third kappa shape index (κ3) is 9.23. The summed E-state index contributed by atoms with van der Waals surface area (Å²) in [5.74, 6) is 8.08. The van der Waals surface area contributed by atoms with Crippen LogP contribution in [0.1, 0.15) is 122 Å². The molecule has 2 aliphatic heterocycles. The zero-order valence-electron chi connectivity index (χ0n) is 37.2. The van der Waals surface area contributed by atoms with Gasteiger partial charge in [-0.05, 0) is 145 Å². The summed E-state index contributed by atoms with van der Waals surface area (Å²) < 4.78 is 6.16. The van der Waals surface area contributed by atoms with Crippen LogP contribution in [0.2, 0.25) is 0 Å². The fraction of sp³-hybridized carbons (Fsp3) is 0.472. The highest BCUT2D eigenvalue weighted by molar-refractivity contribution is 8.76. The Labute approximate surface area is 394 Å². The number of fused-ring (bicyclic) bond motifs is 8. The topological polar surface area (TPSA) is 215 Å². The number of ketones is 1. The van der Waals surface area contributed by atoms with Crippen molar-refractivity contribution in [2.75, 3.05) is 19.0 Å². The Morgan fingerprint density at radius 3 is 2.62 bits per heavy atom. The van der Waals surface area contributed by atoms with Crippen LogP contribution in [0.25, 0.3) is 0 Å². The lowest BCUT2D eigenvalue weighted by atomic mass is 9.53. The van der Waals surface area contributed by atoms with Crippen LogP contribution in [-0.4, -0.2) is 67.7 Å². The number of nitrogens with zero attached hydrogens (tertiary/aromatic N) is 1. The molecule has 6 aliphatic rings. The molecular weight excluding hydrogens is 871 g/mol. The number of benzene rings is 3. The van der Waals surface area contributed by atoms with Gasteiger partial charge in [0.05, 0.1) is 43.2 Å². The molecule has 3 saturated carbocycles. The van der Waals surface area contributed by atoms with Crippen LogP contribution in [0, 0.1) is 34.5 Å². The third-order valence-electron chi connectivity index (χ3n) is 15.5. The Morgan fingerprint density at radius 1 is 0.985 bits per heavy atom. The largest absolute Gasteiger partial charge is 0.875 e. The molecule has 1 spiro atoms. The molecule has 0 saturated heterocycles. The molecule has 2 heterocycles. The minimum absolute atomic E-state index is 0.00543. The molecule has 9 bridgehead atoms. The van der Waals surface area contributed by atoms with Gasteiger partial charge in [0.25, 0.3) is 0 Å². The van der Waals surface area contributed by atoms with Gasteiger partial charge >= 0.3 is 0 Å². The van der Waals surface area contributed by atoms with Gasteiger partial charge in [0.15, 0.2) is 17.3 Å². The summed E-state index contributed by atoms with van der Waals surface area (Å²) in [6, 6.07) is 14.6. The van der Waals surface area contributed by atoms with Crippen LogP contribution in [0.5, 0.6) is 17.2 Å². The predicted octanol–water partition coefficient (Wildman–Crippen LogP) is 6.90. The first-order valence-corrected chi connectivity index (χ1v) is 25.8. The number of aliphatic imine (C=N–C) groups is 1. The smallest absolute Gasteiger partial charge is 0.161 e. The monoisotopic (exact) mass is 930 g/mol. The summed E-state index contributed by atoms with van der Waals surface area (Å²) >= 11 is 0. The Bertz CT molecular complexity index is 2560. The van der Waals surface area contributed by atoms with Crippen molar-refractivity contribution in [2.24, 2.45) is 39.1 Å². The van der Waals surface area contributed by atoms with Crippen LogP contribution >= 0.6 is 21.6 Å². The van der Waals surface area contributed by atoms with Crippen LogP contribution in [-0.2, 0) is 23.4 Å². The number of nitrogens with two attached hydrogens (primary N) is 2. The van der Waals surface area contributed by atoms with E-state index in [4.69, 9.17) is 16.2 Å². The van der Waals surface area contributed by atoms with Gasteiger partial charge in [0.1, 0.15) is 5.75 Å². The van der Waals surface area contributed by atoms with Gasteiger partial charge in [-0.1, -0.05) is 70.2 Å². The number of ether oxygens (including phenoxy) is 1. The summed E-state index contributed by atoms with van der Waals surface area (Å²) in [7, 11) is 3.43. The van der Waals surface area contributed by atoms with E-state index in [0.29, 0.717) is 84.1 Å². The number of aryl methyl sites for hydroxylation is 1. The average molecular weight is 931 g/mol. The highest BCUT2D eigenvalue weighted by atomic mass is 33.1. The molecule has 3 aromatic rings. The number of phenols is 2. The SMILES string of the molecule is NC(N)c1cc2c3cc1CSSCC14CC5CCC1(O)CC(C=CC(=O)CCc1ccc(O)c(c1)OCCc1ccc(O)c(c1)C3CC([O-])=C1C=CN=C1CC#C2)(C4)C5CCCC(O)CO. The molecule has 348 valence electrons. The molecule has 11 nitrogen and oxygen atoms in total. The summed E-state index contributed by atoms with van der Waals surface area (Å²) in [5.41, 5.74) is 17.9. The van der Waals surface area contributed by atoms with Crippen molar-refractivity contribution in [3.05, 3.63) is 123 Å². The third-order valence-corrected chi connectivity index (χ3v) is 17.9. The van der Waals surface area contributed by atoms with Crippen LogP contribution < -0.4 is 21.3 Å². The normalized spacial score (nSPS) is 29.0. The van der Waals surface area contributed by atoms with Crippen molar-refractivity contribution in [2.45, 2.75) is 113 Å². The Balaban J connectivity index is 1.10. The molecule has 7 atom stereocenters. The lowest BCUT2D eigenvalue weighted by molar-refractivity contribution is -0.307. The van der Waals surface area contributed by atoms with E-state index in [9.17, 15) is 35.4 Å². The Morgan fingerprint density at radius 2 is 1.80 bits per heavy atom. The van der Waals surface area contributed by atoms with E-state index >= 15 is 0 Å². The summed E-state index contributed by atoms with van der Waals surface area (Å²) in [5, 5.41) is 69.2. The van der Waals surface area contributed by atoms with E-state index in [2.05, 4.69) is 29.0 Å². The van der Waals surface area contributed by atoms with Gasteiger partial charge in [-0.2, -0.15) is 0 Å². The molecule has 13 heteroatoms. The number of hydrogen-bond donors (Lipinski definition) is 7. The first kappa shape index (κ1) is 46.6. The van der Waals surface area contributed by atoms with E-state index in [1.807, 2.05) is 18.2 Å². The maximum Gasteiger partial charge on any atom is 0.161 e. The molecule has 0 amide bonds. The molecule has 0 aromatic heterocycles. The molecule has 7 unspecified atom stereocenters. The van der Waals surface area contributed by atoms with Crippen molar-refractivity contribution in [3.63, 3.8) is 0 Å². The van der Waals surface area contributed by atoms with Crippen molar-refractivity contribution in [3.8, 4) is 29.1 Å². The maximum absolute atomic E-state index is 14.2. The van der Waals surface area contributed by atoms with Crippen molar-refractivity contribution < 1.29 is 40.2 Å². The van der Waals surface area contributed by atoms with Crippen molar-refractivity contribution in [1.82, 2.24) is 0 Å². The average Bonchev–Trinajstić information content (AvgIpc) is 3.83. The van der Waals surface area contributed by atoms with Gasteiger partial charge in [-0.3, -0.25) is 9.79 Å². The number of aliphatic hydroxyl groups excluding tert-OH is 2. The Hall–Kier alpha value is -4.52. The molecule has 9 N–H and O–H groups in total. The first-order chi connectivity index (χ1) is 31.8. The zero-order chi connectivity index (χ0) is 46.2. The first-order valence-electron chi connectivity index (χ1n) is 23.3. The fourth-order valence-corrected chi connectivity index (χ4v) is 15.0. The van der Waals surface area contributed by atoms with E-state index in [1.165, 1.54) is 0 Å². The lowest BCUT2D eigenvalue weighted by Crippen LogP contribution is -2.52. The number of carbonyl (C=O) groups excluding carboxylic acids is 1. The minimum atomic E-state index is -0.909. The number of aliphatic hydroxyl groups is 3. The summed E-state index contributed by atoms with van der Waals surface area (Å²) in [6.45, 7) is -0.0608. The molecule has 4 aliphatic carbocycles. The maximum atomic E-state index is 14.2. The van der Waals surface area contributed by atoms with E-state index in [0.717, 1.165) is 59.9 Å². The Kier molecular flexibility index (Phi) is 13.6. The fourth-order valence-electron chi connectivity index (χ4n) is 12.2. The number of carbonyl (C=O) groups is 1. The number of rotatable bonds is 6. The second kappa shape index (κ2) is 19.2. The van der Waals surface area contributed by atoms with Gasteiger partial charge in [0, 0.05) is 53.0 Å². The number of hydrogen-bond acceptors (Lipinski definition) is 13. The molecule has 9 rings (SSSR count). The van der Waals surface area contributed by atoms with Gasteiger partial charge in [0.2, 0.25) is 0 Å². The number of phenolic OH excluding ortho intramolecular Hbond substituents is 2.